The van der Waals surface area contributed by atoms with Gasteiger partial charge < -0.3 is 66.9 Å². The third-order valence-electron chi connectivity index (χ3n) is 12.5. The van der Waals surface area contributed by atoms with Gasteiger partial charge in [-0.2, -0.15) is 0 Å². The minimum atomic E-state index is -1.08. The van der Waals surface area contributed by atoms with E-state index in [1.807, 2.05) is 12.1 Å². The maximum Gasteiger partial charge on any atom is 0.264 e. The number of aryl methyl sites for hydroxylation is 1. The van der Waals surface area contributed by atoms with Gasteiger partial charge in [0.05, 0.1) is 169 Å². The molecule has 2 aromatic rings. The Kier molecular flexibility index (Phi) is 38.3. The van der Waals surface area contributed by atoms with Gasteiger partial charge in [0.15, 0.2) is 0 Å². The van der Waals surface area contributed by atoms with Crippen molar-refractivity contribution in [2.24, 2.45) is 0 Å². The molecule has 21 nitrogen and oxygen atoms in total. The van der Waals surface area contributed by atoms with Gasteiger partial charge in [0.1, 0.15) is 18.4 Å². The van der Waals surface area contributed by atoms with Gasteiger partial charge in [0.2, 0.25) is 17.7 Å². The van der Waals surface area contributed by atoms with Gasteiger partial charge in [-0.3, -0.25) is 34.2 Å². The fourth-order valence-corrected chi connectivity index (χ4v) is 8.28. The third-order valence-corrected chi connectivity index (χ3v) is 12.5. The number of piperidine rings is 1. The molecule has 1 unspecified atom stereocenters. The van der Waals surface area contributed by atoms with Crippen molar-refractivity contribution in [1.82, 2.24) is 10.2 Å². The minimum Gasteiger partial charge on any atom is -0.491 e. The molecule has 5 amide bonds. The Balaban J connectivity index is 0.768. The van der Waals surface area contributed by atoms with Crippen LogP contribution in [0.1, 0.15) is 117 Å². The maximum atomic E-state index is 13.2. The summed E-state index contributed by atoms with van der Waals surface area (Å²) in [7, 11) is 0. The molecule has 0 saturated carbocycles. The number of benzene rings is 2. The second-order valence-corrected chi connectivity index (χ2v) is 18.7. The van der Waals surface area contributed by atoms with Gasteiger partial charge in [-0.15, -0.1) is 0 Å². The van der Waals surface area contributed by atoms with Gasteiger partial charge in [0.25, 0.3) is 11.8 Å². The fraction of sp³-hybridized carbons (Fsp3) is 0.707. The van der Waals surface area contributed by atoms with Crippen LogP contribution in [0.15, 0.2) is 42.5 Å². The average Bonchev–Trinajstić information content (AvgIpc) is 3.72. The van der Waals surface area contributed by atoms with E-state index in [2.05, 4.69) is 29.7 Å². The standard InChI is InChI=1S/C58H91N3O18/c1-2-3-4-5-6-7-9-13-48-17-19-49(20-18-48)79-47-46-78-45-44-77-43-42-76-41-40-75-39-38-74-37-36-73-35-34-72-33-32-71-31-30-70-29-28-69-27-26-68-25-24-67-23-11-8-10-16-53(62)59-51-15-12-14-50-55(51)58(66)61(57(50)65)52-21-22-54(63)60-56(52)64/h12,14-15,17-20,52H,2-11,13,16,21-47H2,1H3,(H,59,62)(H,60,63,64). The zero-order valence-corrected chi connectivity index (χ0v) is 47.0. The molecule has 0 bridgehead atoms. The maximum absolute atomic E-state index is 13.2. The molecular formula is C58H91N3O18. The number of fused-ring (bicyclic) bond motifs is 1. The van der Waals surface area contributed by atoms with Crippen molar-refractivity contribution in [1.29, 1.82) is 0 Å². The van der Waals surface area contributed by atoms with Crippen molar-refractivity contribution in [3.05, 3.63) is 59.2 Å². The molecule has 79 heavy (non-hydrogen) atoms. The number of imide groups is 2. The predicted molar refractivity (Wildman–Crippen MR) is 294 cm³/mol. The highest BCUT2D eigenvalue weighted by molar-refractivity contribution is 6.26. The first kappa shape index (κ1) is 67.0. The van der Waals surface area contributed by atoms with Crippen LogP contribution in [0.25, 0.3) is 0 Å². The van der Waals surface area contributed by atoms with Crippen LogP contribution >= 0.6 is 0 Å². The summed E-state index contributed by atoms with van der Waals surface area (Å²) < 4.78 is 72.4. The number of ether oxygens (including phenoxy) is 13. The lowest BCUT2D eigenvalue weighted by atomic mass is 10.0. The van der Waals surface area contributed by atoms with E-state index in [1.54, 1.807) is 12.1 Å². The number of anilines is 1. The predicted octanol–water partition coefficient (Wildman–Crippen LogP) is 6.16. The van der Waals surface area contributed by atoms with Crippen molar-refractivity contribution in [2.45, 2.75) is 103 Å². The molecule has 1 fully saturated rings. The number of nitrogens with one attached hydrogen (secondary N) is 2. The Morgan fingerprint density at radius 3 is 1.39 bits per heavy atom. The zero-order chi connectivity index (χ0) is 56.1. The molecular weight excluding hydrogens is 1030 g/mol. The number of hydrogen-bond donors (Lipinski definition) is 2. The molecule has 4 rings (SSSR count). The fourth-order valence-electron chi connectivity index (χ4n) is 8.28. The molecule has 1 saturated heterocycles. The molecule has 1 atom stereocenters. The topological polar surface area (TPSA) is 233 Å². The summed E-state index contributed by atoms with van der Waals surface area (Å²) >= 11 is 0. The minimum absolute atomic E-state index is 0.0255. The number of nitrogens with zero attached hydrogens (tertiary/aromatic N) is 1. The van der Waals surface area contributed by atoms with Crippen LogP contribution < -0.4 is 15.4 Å². The van der Waals surface area contributed by atoms with E-state index in [-0.39, 0.29) is 42.0 Å². The number of carbonyl (C=O) groups excluding carboxylic acids is 5. The molecule has 2 aliphatic heterocycles. The van der Waals surface area contributed by atoms with Crippen molar-refractivity contribution in [2.75, 3.05) is 170 Å². The molecule has 0 radical (unpaired) electrons. The van der Waals surface area contributed by atoms with E-state index in [0.29, 0.717) is 172 Å². The summed E-state index contributed by atoms with van der Waals surface area (Å²) in [5.74, 6) is -1.85. The molecule has 2 aromatic carbocycles. The molecule has 0 aliphatic carbocycles. The summed E-state index contributed by atoms with van der Waals surface area (Å²) in [5, 5.41) is 4.92. The van der Waals surface area contributed by atoms with Crippen LogP contribution in [-0.2, 0) is 77.6 Å². The van der Waals surface area contributed by atoms with Gasteiger partial charge in [-0.05, 0) is 61.9 Å². The summed E-state index contributed by atoms with van der Waals surface area (Å²) in [4.78, 5) is 63.7. The monoisotopic (exact) mass is 1120 g/mol. The Labute approximate surface area is 467 Å². The number of unbranched alkanes of at least 4 members (excludes halogenated alkanes) is 8. The number of carbonyl (C=O) groups is 5. The Hall–Kier alpha value is -4.49. The van der Waals surface area contributed by atoms with E-state index in [9.17, 15) is 24.0 Å². The van der Waals surface area contributed by atoms with Crippen LogP contribution in [-0.4, -0.2) is 206 Å². The van der Waals surface area contributed by atoms with Crippen molar-refractivity contribution >= 4 is 35.2 Å². The normalized spacial score (nSPS) is 14.3. The Bertz CT molecular complexity index is 1940. The van der Waals surface area contributed by atoms with E-state index >= 15 is 0 Å². The van der Waals surface area contributed by atoms with E-state index in [1.165, 1.54) is 56.6 Å². The van der Waals surface area contributed by atoms with Crippen LogP contribution in [0, 0.1) is 0 Å². The molecule has 2 heterocycles. The molecule has 0 spiro atoms. The summed E-state index contributed by atoms with van der Waals surface area (Å²) in [6, 6.07) is 12.0. The first-order chi connectivity index (χ1) is 38.9. The van der Waals surface area contributed by atoms with Gasteiger partial charge in [0, 0.05) is 19.4 Å². The number of hydrogen-bond acceptors (Lipinski definition) is 18. The van der Waals surface area contributed by atoms with Crippen LogP contribution in [0.2, 0.25) is 0 Å². The van der Waals surface area contributed by atoms with Crippen molar-refractivity contribution in [3.63, 3.8) is 0 Å². The highest BCUT2D eigenvalue weighted by Crippen LogP contribution is 2.32. The van der Waals surface area contributed by atoms with E-state index in [0.717, 1.165) is 29.9 Å². The lowest BCUT2D eigenvalue weighted by Gasteiger charge is -2.27. The highest BCUT2D eigenvalue weighted by atomic mass is 16.6. The SMILES string of the molecule is CCCCCCCCCc1ccc(OCCOCCOCCOCCOCCOCCOCCOCCOCCOCCOCCOCCOCCCCCC(=O)Nc2cccc3c2C(=O)N(C2CCC(=O)NC2=O)C3=O)cc1. The summed E-state index contributed by atoms with van der Waals surface area (Å²) in [5.41, 5.74) is 1.75. The second-order valence-electron chi connectivity index (χ2n) is 18.7. The number of amides is 5. The van der Waals surface area contributed by atoms with Gasteiger partial charge in [-0.25, -0.2) is 0 Å². The van der Waals surface area contributed by atoms with Crippen molar-refractivity contribution in [3.8, 4) is 5.75 Å². The smallest absolute Gasteiger partial charge is 0.264 e. The lowest BCUT2D eigenvalue weighted by molar-refractivity contribution is -0.136. The summed E-state index contributed by atoms with van der Waals surface area (Å²) in [6.45, 7) is 14.2. The largest absolute Gasteiger partial charge is 0.491 e. The summed E-state index contributed by atoms with van der Waals surface area (Å²) in [6.07, 6.45) is 12.9. The van der Waals surface area contributed by atoms with E-state index < -0.39 is 29.7 Å². The molecule has 2 N–H and O–H groups in total. The van der Waals surface area contributed by atoms with Crippen LogP contribution in [0.3, 0.4) is 0 Å². The second kappa shape index (κ2) is 45.2. The van der Waals surface area contributed by atoms with Crippen molar-refractivity contribution < 1.29 is 85.6 Å². The quantitative estimate of drug-likeness (QED) is 0.0558. The zero-order valence-electron chi connectivity index (χ0n) is 47.0. The first-order valence-corrected chi connectivity index (χ1v) is 28.7. The molecule has 21 heteroatoms. The van der Waals surface area contributed by atoms with Gasteiger partial charge in [-0.1, -0.05) is 70.1 Å². The first-order valence-electron chi connectivity index (χ1n) is 28.7. The van der Waals surface area contributed by atoms with Crippen LogP contribution in [0.5, 0.6) is 5.75 Å². The van der Waals surface area contributed by atoms with Gasteiger partial charge >= 0.3 is 0 Å². The van der Waals surface area contributed by atoms with Crippen LogP contribution in [0.4, 0.5) is 5.69 Å². The molecule has 2 aliphatic rings. The Morgan fingerprint density at radius 1 is 0.494 bits per heavy atom. The van der Waals surface area contributed by atoms with E-state index in [4.69, 9.17) is 61.6 Å². The highest BCUT2D eigenvalue weighted by Gasteiger charge is 2.45. The third kappa shape index (κ3) is 30.8. The average molecular weight is 1120 g/mol. The molecule has 0 aromatic heterocycles. The number of rotatable bonds is 53. The Morgan fingerprint density at radius 2 is 0.924 bits per heavy atom. The lowest BCUT2D eigenvalue weighted by Crippen LogP contribution is -2.54. The molecule has 446 valence electrons.